The Bertz CT molecular complexity index is 2220. The number of aromatic nitrogens is 7. The van der Waals surface area contributed by atoms with Gasteiger partial charge in [-0.25, -0.2) is 9.97 Å². The fourth-order valence-electron chi connectivity index (χ4n) is 7.33. The second-order valence-corrected chi connectivity index (χ2v) is 13.9. The Labute approximate surface area is 304 Å². The van der Waals surface area contributed by atoms with Crippen molar-refractivity contribution in [2.24, 2.45) is 4.99 Å². The number of aromatic amines is 1. The van der Waals surface area contributed by atoms with Crippen LogP contribution in [0.3, 0.4) is 0 Å². The molecule has 0 bridgehead atoms. The minimum atomic E-state index is 0.328. The van der Waals surface area contributed by atoms with E-state index in [1.165, 1.54) is 5.56 Å². The highest BCUT2D eigenvalue weighted by Gasteiger charge is 2.25. The number of likely N-dealkylation sites (N-methyl/N-ethyl adjacent to an activating group) is 1. The predicted octanol–water partition coefficient (Wildman–Crippen LogP) is 6.37. The van der Waals surface area contributed by atoms with Crippen molar-refractivity contribution in [3.05, 3.63) is 121 Å². The molecule has 0 aliphatic carbocycles. The fourth-order valence-corrected chi connectivity index (χ4v) is 7.33. The summed E-state index contributed by atoms with van der Waals surface area (Å²) in [7, 11) is 2.18. The molecule has 0 spiro atoms. The van der Waals surface area contributed by atoms with E-state index in [0.29, 0.717) is 17.5 Å². The van der Waals surface area contributed by atoms with Gasteiger partial charge in [0.1, 0.15) is 5.71 Å². The number of nitrogens with one attached hydrogen (secondary N) is 1. The topological polar surface area (TPSA) is 107 Å². The summed E-state index contributed by atoms with van der Waals surface area (Å²) in [6, 6.07) is 23.8. The van der Waals surface area contributed by atoms with E-state index in [2.05, 4.69) is 131 Å². The van der Waals surface area contributed by atoms with Crippen LogP contribution < -0.4 is 0 Å². The highest BCUT2D eigenvalue weighted by atomic mass is 15.3. The van der Waals surface area contributed by atoms with Crippen LogP contribution in [0.2, 0.25) is 0 Å². The Morgan fingerprint density at radius 2 is 1.65 bits per heavy atom. The normalized spacial score (nSPS) is 17.2. The van der Waals surface area contributed by atoms with E-state index >= 15 is 0 Å². The van der Waals surface area contributed by atoms with Crippen molar-refractivity contribution in [2.75, 3.05) is 46.3 Å². The van der Waals surface area contributed by atoms with Crippen molar-refractivity contribution in [1.82, 2.24) is 49.5 Å². The molecule has 2 aliphatic heterocycles. The number of rotatable bonds is 10. The number of hydrogen-bond donors (Lipinski definition) is 1. The van der Waals surface area contributed by atoms with Gasteiger partial charge >= 0.3 is 0 Å². The van der Waals surface area contributed by atoms with E-state index in [0.717, 1.165) is 116 Å². The first-order valence-electron chi connectivity index (χ1n) is 18.3. The summed E-state index contributed by atoms with van der Waals surface area (Å²) in [4.78, 5) is 21.8. The molecule has 6 aromatic rings. The Morgan fingerprint density at radius 3 is 2.40 bits per heavy atom. The first-order valence-corrected chi connectivity index (χ1v) is 18.3. The summed E-state index contributed by atoms with van der Waals surface area (Å²) in [6.45, 7) is 13.7. The van der Waals surface area contributed by atoms with Crippen LogP contribution in [0.1, 0.15) is 48.7 Å². The van der Waals surface area contributed by atoms with E-state index in [9.17, 15) is 0 Å². The number of benzene rings is 2. The molecule has 0 unspecified atom stereocenters. The van der Waals surface area contributed by atoms with Crippen LogP contribution in [0.4, 0.5) is 0 Å². The third-order valence-electron chi connectivity index (χ3n) is 10.4. The van der Waals surface area contributed by atoms with E-state index in [-0.39, 0.29) is 0 Å². The highest BCUT2D eigenvalue weighted by Crippen LogP contribution is 2.35. The van der Waals surface area contributed by atoms with Crippen LogP contribution in [0, 0.1) is 0 Å². The van der Waals surface area contributed by atoms with E-state index in [4.69, 9.17) is 9.97 Å². The third kappa shape index (κ3) is 7.07. The molecule has 8 rings (SSSR count). The largest absolute Gasteiger partial charge is 0.304 e. The fraction of sp³-hybridized carbons (Fsp3) is 0.317. The predicted molar refractivity (Wildman–Crippen MR) is 207 cm³/mol. The lowest BCUT2D eigenvalue weighted by molar-refractivity contribution is 0.145. The minimum Gasteiger partial charge on any atom is -0.304 e. The van der Waals surface area contributed by atoms with E-state index in [1.807, 2.05) is 13.0 Å². The van der Waals surface area contributed by atoms with Gasteiger partial charge in [-0.3, -0.25) is 24.3 Å². The number of hydrogen-bond acceptors (Lipinski definition) is 9. The van der Waals surface area contributed by atoms with Gasteiger partial charge in [0.15, 0.2) is 23.1 Å². The van der Waals surface area contributed by atoms with Crippen LogP contribution in [-0.4, -0.2) is 101 Å². The number of likely N-dealkylation sites (tertiary alicyclic amines) is 1. The quantitative estimate of drug-likeness (QED) is 0.165. The van der Waals surface area contributed by atoms with Crippen molar-refractivity contribution < 1.29 is 0 Å². The summed E-state index contributed by atoms with van der Waals surface area (Å²) >= 11 is 0. The van der Waals surface area contributed by atoms with Crippen molar-refractivity contribution in [3.8, 4) is 22.4 Å². The molecule has 2 aromatic carbocycles. The van der Waals surface area contributed by atoms with Crippen LogP contribution in [0.15, 0.2) is 103 Å². The summed E-state index contributed by atoms with van der Waals surface area (Å²) in [5.74, 6) is 2.82. The second kappa shape index (κ2) is 15.1. The lowest BCUT2D eigenvalue weighted by Crippen LogP contribution is -2.44. The smallest absolute Gasteiger partial charge is 0.174 e. The summed E-state index contributed by atoms with van der Waals surface area (Å²) < 4.78 is 2.14. The first-order chi connectivity index (χ1) is 25.6. The van der Waals surface area contributed by atoms with Crippen molar-refractivity contribution in [2.45, 2.75) is 38.8 Å². The molecule has 6 heterocycles. The number of piperazine rings is 1. The molecule has 2 aliphatic rings. The maximum absolute atomic E-state index is 5.28. The van der Waals surface area contributed by atoms with Gasteiger partial charge in [0.05, 0.1) is 17.8 Å². The molecule has 11 nitrogen and oxygen atoms in total. The lowest BCUT2D eigenvalue weighted by atomic mass is 9.95. The Hall–Kier alpha value is -5.36. The number of fused-ring (bicyclic) bond motifs is 3. The number of pyridine rings is 2. The monoisotopic (exact) mass is 691 g/mol. The molecule has 2 saturated heterocycles. The summed E-state index contributed by atoms with van der Waals surface area (Å²) in [5.41, 5.74) is 8.03. The molecule has 0 amide bonds. The molecule has 1 N–H and O–H groups in total. The van der Waals surface area contributed by atoms with E-state index in [1.54, 1.807) is 12.3 Å². The third-order valence-corrected chi connectivity index (χ3v) is 10.4. The highest BCUT2D eigenvalue weighted by molar-refractivity contribution is 6.06. The van der Waals surface area contributed by atoms with Gasteiger partial charge in [-0.1, -0.05) is 67.3 Å². The SMILES string of the molecule is C=C/C(=N\C=C/C)c1nc(C2CCN(Cc3ccc(-c4nc5ccn6c(CN7CCN(C)CC7)nnc6c5cc4-c4ccccc4)cc3)CC2)n[nH]1. The van der Waals surface area contributed by atoms with Crippen LogP contribution in [-0.2, 0) is 13.1 Å². The molecule has 11 heteroatoms. The first kappa shape index (κ1) is 33.8. The number of piperidine rings is 1. The maximum Gasteiger partial charge on any atom is 0.174 e. The number of allylic oxidation sites excluding steroid dienone is 2. The Morgan fingerprint density at radius 1 is 0.885 bits per heavy atom. The molecular formula is C41H45N11. The average Bonchev–Trinajstić information content (AvgIpc) is 3.85. The Balaban J connectivity index is 0.997. The Kier molecular flexibility index (Phi) is 9.80. The molecular weight excluding hydrogens is 647 g/mol. The zero-order valence-corrected chi connectivity index (χ0v) is 30.0. The summed E-state index contributed by atoms with van der Waals surface area (Å²) in [5, 5.41) is 17.9. The van der Waals surface area contributed by atoms with Gasteiger partial charge < -0.3 is 4.90 Å². The number of aliphatic imine (C=N–C) groups is 1. The maximum atomic E-state index is 5.28. The zero-order valence-electron chi connectivity index (χ0n) is 30.0. The molecule has 0 saturated carbocycles. The van der Waals surface area contributed by atoms with Crippen molar-refractivity contribution in [3.63, 3.8) is 0 Å². The van der Waals surface area contributed by atoms with Crippen LogP contribution in [0.5, 0.6) is 0 Å². The molecule has 52 heavy (non-hydrogen) atoms. The van der Waals surface area contributed by atoms with Gasteiger partial charge in [-0.05, 0) is 69.2 Å². The molecule has 2 fully saturated rings. The zero-order chi connectivity index (χ0) is 35.4. The molecule has 264 valence electrons. The van der Waals surface area contributed by atoms with Gasteiger partial charge in [0.25, 0.3) is 0 Å². The number of nitrogens with zero attached hydrogens (tertiary/aromatic N) is 10. The minimum absolute atomic E-state index is 0.328. The van der Waals surface area contributed by atoms with Gasteiger partial charge in [0, 0.05) is 67.6 Å². The van der Waals surface area contributed by atoms with Crippen molar-refractivity contribution in [1.29, 1.82) is 0 Å². The second-order valence-electron chi connectivity index (χ2n) is 13.9. The van der Waals surface area contributed by atoms with Gasteiger partial charge in [-0.15, -0.1) is 10.2 Å². The van der Waals surface area contributed by atoms with E-state index < -0.39 is 0 Å². The molecule has 0 atom stereocenters. The van der Waals surface area contributed by atoms with Gasteiger partial charge in [-0.2, -0.15) is 5.10 Å². The standard InChI is InChI=1S/C41H45N11/c1-4-18-42-35(5-2)40-44-39(46-47-40)32-15-19-50(20-16-32)27-29-11-13-31(14-12-29)38-33(30-9-7-6-8-10-30)26-34-36(43-38)17-21-52-37(45-48-41(34)52)28-51-24-22-49(3)23-25-51/h4-14,17-18,21,26,32H,2,15-16,19-20,22-25,27-28H2,1,3H3,(H,44,46,47)/b18-4-,42-35+. The molecule has 4 aromatic heterocycles. The molecule has 0 radical (unpaired) electrons. The van der Waals surface area contributed by atoms with Gasteiger partial charge in [0.2, 0.25) is 0 Å². The van der Waals surface area contributed by atoms with Crippen LogP contribution >= 0.6 is 0 Å². The average molecular weight is 692 g/mol. The summed E-state index contributed by atoms with van der Waals surface area (Å²) in [6.07, 6.45) is 9.44. The van der Waals surface area contributed by atoms with Crippen molar-refractivity contribution >= 4 is 22.3 Å². The van der Waals surface area contributed by atoms with Crippen LogP contribution in [0.25, 0.3) is 38.9 Å². The lowest BCUT2D eigenvalue weighted by Gasteiger charge is -2.31. The number of H-pyrrole nitrogens is 1.